The van der Waals surface area contributed by atoms with Crippen LogP contribution in [0.5, 0.6) is 5.88 Å². The van der Waals surface area contributed by atoms with E-state index in [-0.39, 0.29) is 36.2 Å². The molecule has 1 aliphatic heterocycles. The highest BCUT2D eigenvalue weighted by molar-refractivity contribution is 5.92. The van der Waals surface area contributed by atoms with E-state index in [4.69, 9.17) is 9.47 Å². The van der Waals surface area contributed by atoms with Gasteiger partial charge < -0.3 is 19.1 Å². The number of fused-ring (bicyclic) bond motifs is 1. The van der Waals surface area contributed by atoms with Crippen LogP contribution in [0.15, 0.2) is 72.8 Å². The molecule has 0 amide bonds. The molecule has 2 fully saturated rings. The number of carboxylic acids is 1. The minimum absolute atomic E-state index is 0.00428. The lowest BCUT2D eigenvalue weighted by Gasteiger charge is -2.26. The van der Waals surface area contributed by atoms with Crippen LogP contribution < -0.4 is 4.74 Å². The van der Waals surface area contributed by atoms with E-state index in [1.54, 1.807) is 42.5 Å². The number of pyridine rings is 1. The second-order valence-electron chi connectivity index (χ2n) is 12.0. The number of rotatable bonds is 11. The van der Waals surface area contributed by atoms with Crippen molar-refractivity contribution in [1.82, 2.24) is 14.5 Å². The molecule has 3 aromatic carbocycles. The third-order valence-corrected chi connectivity index (χ3v) is 8.79. The van der Waals surface area contributed by atoms with Crippen LogP contribution in [0, 0.1) is 17.0 Å². The average Bonchev–Trinajstić information content (AvgIpc) is 3.71. The van der Waals surface area contributed by atoms with Crippen LogP contribution in [0.4, 0.5) is 13.2 Å². The number of benzene rings is 3. The molecule has 5 aromatic rings. The zero-order valence-electron chi connectivity index (χ0n) is 24.3. The molecule has 0 spiro atoms. The highest BCUT2D eigenvalue weighted by Gasteiger charge is 2.44. The highest BCUT2D eigenvalue weighted by Crippen LogP contribution is 2.48. The zero-order valence-corrected chi connectivity index (χ0v) is 24.3. The molecule has 2 aliphatic rings. The predicted molar refractivity (Wildman–Crippen MR) is 161 cm³/mol. The molecule has 0 radical (unpaired) electrons. The van der Waals surface area contributed by atoms with E-state index in [9.17, 15) is 18.7 Å². The number of hydrogen-bond donors (Lipinski definition) is 1. The Balaban J connectivity index is 1.10. The van der Waals surface area contributed by atoms with Crippen molar-refractivity contribution in [2.24, 2.45) is 5.41 Å². The van der Waals surface area contributed by atoms with Crippen LogP contribution in [0.2, 0.25) is 0 Å². The summed E-state index contributed by atoms with van der Waals surface area (Å²) in [5, 5.41) is 9.50. The first-order valence-corrected chi connectivity index (χ1v) is 14.8. The fourth-order valence-electron chi connectivity index (χ4n) is 5.65. The second kappa shape index (κ2) is 11.7. The average molecular weight is 614 g/mol. The molecule has 7 nitrogen and oxygen atoms in total. The fraction of sp³-hybridized carbons (Fsp3) is 0.286. The first kappa shape index (κ1) is 29.0. The normalized spacial score (nSPS) is 15.6. The molecule has 1 N–H and O–H groups in total. The van der Waals surface area contributed by atoms with Crippen LogP contribution >= 0.6 is 0 Å². The van der Waals surface area contributed by atoms with E-state index in [2.05, 4.69) is 9.97 Å². The SMILES string of the molecule is O=C(O)c1ccc2nc(Cc3ccc(-c4cccc(OCc5ccc(C6COC6)cc5F)n4)cc3F)n(CC3(CF)CC3)c2c1. The molecular formula is C35H30F3N3O4. The molecule has 1 aliphatic carbocycles. The van der Waals surface area contributed by atoms with Gasteiger partial charge in [-0.15, -0.1) is 0 Å². The van der Waals surface area contributed by atoms with Gasteiger partial charge in [0.05, 0.1) is 42.2 Å². The lowest BCUT2D eigenvalue weighted by molar-refractivity contribution is 0.00830. The Kier molecular flexibility index (Phi) is 7.53. The molecule has 230 valence electrons. The predicted octanol–water partition coefficient (Wildman–Crippen LogP) is 7.11. The number of aromatic nitrogens is 3. The zero-order chi connectivity index (χ0) is 31.1. The summed E-state index contributed by atoms with van der Waals surface area (Å²) in [6.07, 6.45) is 1.61. The summed E-state index contributed by atoms with van der Waals surface area (Å²) < 4.78 is 56.9. The minimum Gasteiger partial charge on any atom is -0.478 e. The Morgan fingerprint density at radius 2 is 1.78 bits per heavy atom. The summed E-state index contributed by atoms with van der Waals surface area (Å²) in [6.45, 7) is 1.06. The van der Waals surface area contributed by atoms with Crippen molar-refractivity contribution in [3.8, 4) is 17.1 Å². The number of imidazole rings is 1. The van der Waals surface area contributed by atoms with Gasteiger partial charge in [-0.1, -0.05) is 30.3 Å². The van der Waals surface area contributed by atoms with Crippen molar-refractivity contribution in [3.05, 3.63) is 113 Å². The summed E-state index contributed by atoms with van der Waals surface area (Å²) in [5.41, 5.74) is 3.51. The molecule has 7 rings (SSSR count). The Hall–Kier alpha value is -4.70. The van der Waals surface area contributed by atoms with Gasteiger partial charge in [0.25, 0.3) is 0 Å². The van der Waals surface area contributed by atoms with E-state index in [1.807, 2.05) is 10.6 Å². The van der Waals surface area contributed by atoms with Gasteiger partial charge in [-0.05, 0) is 60.4 Å². The number of nitrogens with zero attached hydrogens (tertiary/aromatic N) is 3. The fourth-order valence-corrected chi connectivity index (χ4v) is 5.65. The van der Waals surface area contributed by atoms with E-state index >= 15 is 4.39 Å². The number of halogens is 3. The Morgan fingerprint density at radius 1 is 0.978 bits per heavy atom. The van der Waals surface area contributed by atoms with Gasteiger partial charge in [0, 0.05) is 41.5 Å². The van der Waals surface area contributed by atoms with E-state index in [1.165, 1.54) is 24.3 Å². The van der Waals surface area contributed by atoms with Gasteiger partial charge in [-0.2, -0.15) is 0 Å². The van der Waals surface area contributed by atoms with Crippen LogP contribution in [0.1, 0.15) is 51.6 Å². The van der Waals surface area contributed by atoms with E-state index in [0.717, 1.165) is 18.4 Å². The minimum atomic E-state index is -1.07. The molecule has 0 bridgehead atoms. The quantitative estimate of drug-likeness (QED) is 0.171. The summed E-state index contributed by atoms with van der Waals surface area (Å²) in [7, 11) is 0. The van der Waals surface area contributed by atoms with E-state index in [0.29, 0.717) is 59.0 Å². The standard InChI is InChI=1S/C35H30F3N3O4/c36-19-35(10-11-35)20-41-31-14-24(34(42)43)8-9-30(31)39-32(41)15-22-5-6-23(13-27(22)37)29-2-1-3-33(40-29)45-18-25-7-4-21(12-28(25)38)26-16-44-17-26/h1-9,12-14,26H,10-11,15-20H2,(H,42,43). The van der Waals surface area contributed by atoms with Gasteiger partial charge in [-0.3, -0.25) is 4.39 Å². The van der Waals surface area contributed by atoms with Crippen molar-refractivity contribution in [2.45, 2.75) is 38.3 Å². The first-order valence-electron chi connectivity index (χ1n) is 14.8. The smallest absolute Gasteiger partial charge is 0.335 e. The number of aromatic carboxylic acids is 1. The maximum Gasteiger partial charge on any atom is 0.335 e. The van der Waals surface area contributed by atoms with Gasteiger partial charge in [0.15, 0.2) is 0 Å². The number of hydrogen-bond acceptors (Lipinski definition) is 5. The summed E-state index contributed by atoms with van der Waals surface area (Å²) >= 11 is 0. The van der Waals surface area contributed by atoms with Gasteiger partial charge in [0.2, 0.25) is 5.88 Å². The monoisotopic (exact) mass is 613 g/mol. The first-order chi connectivity index (χ1) is 21.8. The highest BCUT2D eigenvalue weighted by atomic mass is 19.1. The molecule has 1 saturated heterocycles. The van der Waals surface area contributed by atoms with Crippen molar-refractivity contribution >= 4 is 17.0 Å². The van der Waals surface area contributed by atoms with E-state index < -0.39 is 23.9 Å². The lowest BCUT2D eigenvalue weighted by atomic mass is 9.96. The van der Waals surface area contributed by atoms with Crippen LogP contribution in [-0.4, -0.2) is 45.5 Å². The Labute approximate surface area is 257 Å². The number of carbonyl (C=O) groups is 1. The lowest BCUT2D eigenvalue weighted by Crippen LogP contribution is -2.25. The summed E-state index contributed by atoms with van der Waals surface area (Å²) in [5.74, 6) is -0.831. The summed E-state index contributed by atoms with van der Waals surface area (Å²) in [4.78, 5) is 20.8. The summed E-state index contributed by atoms with van der Waals surface area (Å²) in [6, 6.07) is 19.7. The second-order valence-corrected chi connectivity index (χ2v) is 12.0. The van der Waals surface area contributed by atoms with Gasteiger partial charge in [0.1, 0.15) is 24.1 Å². The van der Waals surface area contributed by atoms with Crippen LogP contribution in [-0.2, 0) is 24.3 Å². The Bertz CT molecular complexity index is 1920. The van der Waals surface area contributed by atoms with Crippen molar-refractivity contribution in [1.29, 1.82) is 0 Å². The number of alkyl halides is 1. The largest absolute Gasteiger partial charge is 0.478 e. The van der Waals surface area contributed by atoms with Crippen molar-refractivity contribution in [3.63, 3.8) is 0 Å². The molecule has 0 unspecified atom stereocenters. The number of carboxylic acid groups (broad SMARTS) is 1. The molecule has 2 aromatic heterocycles. The van der Waals surface area contributed by atoms with Crippen LogP contribution in [0.3, 0.4) is 0 Å². The molecule has 3 heterocycles. The maximum atomic E-state index is 15.5. The molecule has 45 heavy (non-hydrogen) atoms. The number of ether oxygens (including phenoxy) is 2. The van der Waals surface area contributed by atoms with Gasteiger partial charge in [-0.25, -0.2) is 23.5 Å². The molecule has 10 heteroatoms. The molecule has 0 atom stereocenters. The molecular weight excluding hydrogens is 583 g/mol. The topological polar surface area (TPSA) is 86.5 Å². The maximum absolute atomic E-state index is 15.5. The van der Waals surface area contributed by atoms with Crippen LogP contribution in [0.25, 0.3) is 22.3 Å². The molecule has 1 saturated carbocycles. The van der Waals surface area contributed by atoms with Crippen molar-refractivity contribution < 1.29 is 32.5 Å². The third kappa shape index (κ3) is 5.90. The third-order valence-electron chi connectivity index (χ3n) is 8.79. The van der Waals surface area contributed by atoms with Gasteiger partial charge >= 0.3 is 5.97 Å². The van der Waals surface area contributed by atoms with Crippen molar-refractivity contribution in [2.75, 3.05) is 19.9 Å². The Morgan fingerprint density at radius 3 is 2.47 bits per heavy atom.